The highest BCUT2D eigenvalue weighted by atomic mass is 79.9. The summed E-state index contributed by atoms with van der Waals surface area (Å²) in [4.78, 5) is 23.8. The maximum Gasteiger partial charge on any atom is 0.408 e. The molecule has 0 fully saturated rings. The van der Waals surface area contributed by atoms with Crippen LogP contribution in [0.15, 0.2) is 46.3 Å². The Morgan fingerprint density at radius 1 is 1.23 bits per heavy atom. The lowest BCUT2D eigenvalue weighted by Crippen LogP contribution is -2.42. The van der Waals surface area contributed by atoms with Crippen molar-refractivity contribution < 1.29 is 19.4 Å². The van der Waals surface area contributed by atoms with Gasteiger partial charge in [0.05, 0.1) is 3.79 Å². The highest BCUT2D eigenvalue weighted by Crippen LogP contribution is 2.23. The standard InChI is InChI=1S/C15H14BrNO4S/c16-13-7-6-11(22-13)8-12(14(18)19)17-15(20)21-9-10-4-2-1-3-5-10/h1-7,12H,8-9H2,(H,17,20)(H,18,19). The van der Waals surface area contributed by atoms with Crippen molar-refractivity contribution >= 4 is 39.3 Å². The van der Waals surface area contributed by atoms with E-state index in [0.717, 1.165) is 14.2 Å². The zero-order valence-corrected chi connectivity index (χ0v) is 13.9. The highest BCUT2D eigenvalue weighted by Gasteiger charge is 2.21. The van der Waals surface area contributed by atoms with Crippen LogP contribution in [0.25, 0.3) is 0 Å². The van der Waals surface area contributed by atoms with Crippen molar-refractivity contribution in [3.05, 3.63) is 56.7 Å². The van der Waals surface area contributed by atoms with Gasteiger partial charge in [0.15, 0.2) is 0 Å². The second kappa shape index (κ2) is 7.95. The van der Waals surface area contributed by atoms with Crippen molar-refractivity contribution in [2.45, 2.75) is 19.1 Å². The van der Waals surface area contributed by atoms with E-state index < -0.39 is 18.1 Å². The number of halogens is 1. The van der Waals surface area contributed by atoms with E-state index in [9.17, 15) is 14.7 Å². The number of ether oxygens (including phenoxy) is 1. The molecule has 0 saturated heterocycles. The number of hydrogen-bond donors (Lipinski definition) is 2. The molecule has 1 heterocycles. The first-order chi connectivity index (χ1) is 10.5. The van der Waals surface area contributed by atoms with Gasteiger partial charge in [-0.05, 0) is 33.6 Å². The number of carbonyl (C=O) groups excluding carboxylic acids is 1. The molecule has 0 aliphatic heterocycles. The molecule has 5 nitrogen and oxygen atoms in total. The molecular formula is C15H14BrNO4S. The van der Waals surface area contributed by atoms with Gasteiger partial charge in [-0.25, -0.2) is 9.59 Å². The summed E-state index contributed by atoms with van der Waals surface area (Å²) < 4.78 is 5.95. The minimum atomic E-state index is -1.10. The summed E-state index contributed by atoms with van der Waals surface area (Å²) in [5.74, 6) is -1.10. The van der Waals surface area contributed by atoms with Gasteiger partial charge in [-0.2, -0.15) is 0 Å². The molecule has 1 aromatic carbocycles. The lowest BCUT2D eigenvalue weighted by Gasteiger charge is -2.13. The molecule has 0 spiro atoms. The lowest BCUT2D eigenvalue weighted by molar-refractivity contribution is -0.139. The van der Waals surface area contributed by atoms with Crippen LogP contribution in [0.5, 0.6) is 0 Å². The largest absolute Gasteiger partial charge is 0.480 e. The molecule has 0 aliphatic rings. The summed E-state index contributed by atoms with van der Waals surface area (Å²) in [7, 11) is 0. The number of benzene rings is 1. The maximum absolute atomic E-state index is 11.7. The Kier molecular flexibility index (Phi) is 5.97. The molecule has 2 rings (SSSR count). The number of alkyl carbamates (subject to hydrolysis) is 1. The fourth-order valence-corrected chi connectivity index (χ4v) is 3.30. The zero-order chi connectivity index (χ0) is 15.9. The number of aliphatic carboxylic acids is 1. The Balaban J connectivity index is 1.87. The number of carbonyl (C=O) groups is 2. The summed E-state index contributed by atoms with van der Waals surface area (Å²) >= 11 is 4.75. The predicted molar refractivity (Wildman–Crippen MR) is 86.9 cm³/mol. The normalized spacial score (nSPS) is 11.7. The maximum atomic E-state index is 11.7. The third-order valence-electron chi connectivity index (χ3n) is 2.84. The topological polar surface area (TPSA) is 75.6 Å². The Hall–Kier alpha value is -1.86. The average Bonchev–Trinajstić information content (AvgIpc) is 2.91. The van der Waals surface area contributed by atoms with Gasteiger partial charge in [-0.1, -0.05) is 30.3 Å². The summed E-state index contributed by atoms with van der Waals surface area (Å²) in [5.41, 5.74) is 0.840. The molecule has 22 heavy (non-hydrogen) atoms. The number of thiophene rings is 1. The van der Waals surface area contributed by atoms with Crippen LogP contribution in [0.4, 0.5) is 4.79 Å². The number of hydrogen-bond acceptors (Lipinski definition) is 4. The Bertz CT molecular complexity index is 644. The van der Waals surface area contributed by atoms with Gasteiger partial charge in [-0.3, -0.25) is 0 Å². The summed E-state index contributed by atoms with van der Waals surface area (Å²) in [6.45, 7) is 0.101. The van der Waals surface area contributed by atoms with Crippen molar-refractivity contribution in [1.82, 2.24) is 5.32 Å². The van der Waals surface area contributed by atoms with Crippen molar-refractivity contribution in [3.63, 3.8) is 0 Å². The van der Waals surface area contributed by atoms with Gasteiger partial charge in [0.2, 0.25) is 0 Å². The molecule has 2 N–H and O–H groups in total. The second-order valence-corrected chi connectivity index (χ2v) is 7.05. The predicted octanol–water partition coefficient (Wildman–Crippen LogP) is 3.43. The van der Waals surface area contributed by atoms with Gasteiger partial charge >= 0.3 is 12.1 Å². The van der Waals surface area contributed by atoms with E-state index >= 15 is 0 Å². The van der Waals surface area contributed by atoms with Crippen LogP contribution in [0, 0.1) is 0 Å². The third-order valence-corrected chi connectivity index (χ3v) is 4.48. The number of amides is 1. The fourth-order valence-electron chi connectivity index (χ4n) is 1.77. The van der Waals surface area contributed by atoms with Crippen LogP contribution in [-0.2, 0) is 22.6 Å². The third kappa shape index (κ3) is 5.16. The first-order valence-electron chi connectivity index (χ1n) is 6.49. The number of carboxylic acids is 1. The van der Waals surface area contributed by atoms with E-state index in [0.29, 0.717) is 0 Å². The summed E-state index contributed by atoms with van der Waals surface area (Å²) in [6.07, 6.45) is -0.529. The van der Waals surface area contributed by atoms with Crippen LogP contribution in [0.2, 0.25) is 0 Å². The molecule has 0 saturated carbocycles. The molecule has 1 amide bonds. The van der Waals surface area contributed by atoms with Crippen LogP contribution < -0.4 is 5.32 Å². The van der Waals surface area contributed by atoms with Crippen LogP contribution in [0.3, 0.4) is 0 Å². The Morgan fingerprint density at radius 2 is 1.95 bits per heavy atom. The lowest BCUT2D eigenvalue weighted by atomic mass is 10.2. The smallest absolute Gasteiger partial charge is 0.408 e. The van der Waals surface area contributed by atoms with E-state index in [2.05, 4.69) is 21.2 Å². The zero-order valence-electron chi connectivity index (χ0n) is 11.5. The van der Waals surface area contributed by atoms with Gasteiger partial charge in [0.25, 0.3) is 0 Å². The summed E-state index contributed by atoms with van der Waals surface area (Å²) in [5, 5.41) is 11.6. The van der Waals surface area contributed by atoms with Gasteiger partial charge in [0.1, 0.15) is 12.6 Å². The van der Waals surface area contributed by atoms with Crippen LogP contribution in [0.1, 0.15) is 10.4 Å². The fraction of sp³-hybridized carbons (Fsp3) is 0.200. The highest BCUT2D eigenvalue weighted by molar-refractivity contribution is 9.11. The van der Waals surface area contributed by atoms with E-state index in [1.807, 2.05) is 42.5 Å². The molecular weight excluding hydrogens is 370 g/mol. The molecule has 0 radical (unpaired) electrons. The summed E-state index contributed by atoms with van der Waals surface area (Å²) in [6, 6.07) is 11.8. The number of nitrogens with one attached hydrogen (secondary N) is 1. The van der Waals surface area contributed by atoms with E-state index in [1.165, 1.54) is 11.3 Å². The SMILES string of the molecule is O=C(NC(Cc1ccc(Br)s1)C(=O)O)OCc1ccccc1. The van der Waals surface area contributed by atoms with E-state index in [-0.39, 0.29) is 13.0 Å². The van der Waals surface area contributed by atoms with Crippen LogP contribution >= 0.6 is 27.3 Å². The molecule has 116 valence electrons. The van der Waals surface area contributed by atoms with Gasteiger partial charge < -0.3 is 15.2 Å². The Morgan fingerprint density at radius 3 is 2.55 bits per heavy atom. The monoisotopic (exact) mass is 383 g/mol. The molecule has 1 aromatic heterocycles. The molecule has 0 aliphatic carbocycles. The molecule has 2 aromatic rings. The molecule has 0 bridgehead atoms. The van der Waals surface area contributed by atoms with Crippen molar-refractivity contribution in [1.29, 1.82) is 0 Å². The second-order valence-electron chi connectivity index (χ2n) is 4.51. The average molecular weight is 384 g/mol. The first kappa shape index (κ1) is 16.5. The minimum absolute atomic E-state index is 0.101. The number of carboxylic acid groups (broad SMARTS) is 1. The van der Waals surface area contributed by atoms with Crippen molar-refractivity contribution in [2.24, 2.45) is 0 Å². The minimum Gasteiger partial charge on any atom is -0.480 e. The molecule has 1 atom stereocenters. The quantitative estimate of drug-likeness (QED) is 0.800. The number of rotatable bonds is 6. The Labute approximate surface area is 140 Å². The van der Waals surface area contributed by atoms with Crippen molar-refractivity contribution in [3.8, 4) is 0 Å². The van der Waals surface area contributed by atoms with Gasteiger partial charge in [-0.15, -0.1) is 11.3 Å². The van der Waals surface area contributed by atoms with Crippen LogP contribution in [-0.4, -0.2) is 23.2 Å². The van der Waals surface area contributed by atoms with E-state index in [4.69, 9.17) is 4.74 Å². The van der Waals surface area contributed by atoms with Crippen molar-refractivity contribution in [2.75, 3.05) is 0 Å². The molecule has 7 heteroatoms. The first-order valence-corrected chi connectivity index (χ1v) is 8.10. The van der Waals surface area contributed by atoms with E-state index in [1.54, 1.807) is 0 Å². The molecule has 1 unspecified atom stereocenters. The van der Waals surface area contributed by atoms with Gasteiger partial charge in [0, 0.05) is 11.3 Å².